The van der Waals surface area contributed by atoms with Crippen molar-refractivity contribution in [1.82, 2.24) is 9.62 Å². The van der Waals surface area contributed by atoms with Crippen molar-refractivity contribution in [2.24, 2.45) is 0 Å². The number of nitrogens with zero attached hydrogens (tertiary/aromatic N) is 1. The molecule has 0 saturated carbocycles. The number of aliphatic hydroxyl groups is 1. The summed E-state index contributed by atoms with van der Waals surface area (Å²) < 4.78 is 27.4. The lowest BCUT2D eigenvalue weighted by molar-refractivity contribution is 0.268. The summed E-state index contributed by atoms with van der Waals surface area (Å²) in [6.45, 7) is 6.24. The lowest BCUT2D eigenvalue weighted by Crippen LogP contribution is -2.40. The van der Waals surface area contributed by atoms with Crippen LogP contribution in [-0.4, -0.2) is 44.1 Å². The highest BCUT2D eigenvalue weighted by molar-refractivity contribution is 7.89. The van der Waals surface area contributed by atoms with E-state index in [1.54, 1.807) is 18.2 Å². The van der Waals surface area contributed by atoms with Crippen LogP contribution in [0.15, 0.2) is 23.1 Å². The van der Waals surface area contributed by atoms with Gasteiger partial charge in [0.05, 0.1) is 11.5 Å². The summed E-state index contributed by atoms with van der Waals surface area (Å²) >= 11 is 0. The number of aryl methyl sites for hydroxylation is 1. The van der Waals surface area contributed by atoms with E-state index in [9.17, 15) is 13.5 Å². The number of aliphatic hydroxyl groups excluding tert-OH is 1. The zero-order valence-corrected chi connectivity index (χ0v) is 13.5. The van der Waals surface area contributed by atoms with Crippen molar-refractivity contribution in [3.05, 3.63) is 29.3 Å². The molecule has 1 aromatic rings. The second-order valence-electron chi connectivity index (χ2n) is 5.52. The minimum absolute atomic E-state index is 0.151. The number of likely N-dealkylation sites (tertiary alicyclic amines) is 1. The van der Waals surface area contributed by atoms with E-state index in [-0.39, 0.29) is 17.5 Å². The van der Waals surface area contributed by atoms with Crippen LogP contribution < -0.4 is 4.72 Å². The molecule has 0 bridgehead atoms. The molecule has 1 atom stereocenters. The zero-order valence-electron chi connectivity index (χ0n) is 12.7. The second kappa shape index (κ2) is 6.87. The highest BCUT2D eigenvalue weighted by atomic mass is 32.2. The van der Waals surface area contributed by atoms with Gasteiger partial charge >= 0.3 is 0 Å². The third-order valence-corrected chi connectivity index (χ3v) is 5.64. The Bertz CT molecular complexity index is 587. The molecule has 1 unspecified atom stereocenters. The molecular formula is C15H24N2O3S. The Morgan fingerprint density at radius 2 is 2.19 bits per heavy atom. The number of likely N-dealkylation sites (N-methyl/N-ethyl adjacent to an activating group) is 1. The summed E-state index contributed by atoms with van der Waals surface area (Å²) in [6.07, 6.45) is 2.16. The molecule has 1 aliphatic rings. The molecule has 1 aromatic carbocycles. The third-order valence-electron chi connectivity index (χ3n) is 4.22. The van der Waals surface area contributed by atoms with E-state index in [1.165, 1.54) is 0 Å². The van der Waals surface area contributed by atoms with Gasteiger partial charge in [-0.25, -0.2) is 13.1 Å². The molecule has 1 heterocycles. The first kappa shape index (κ1) is 16.4. The lowest BCUT2D eigenvalue weighted by atomic mass is 10.1. The van der Waals surface area contributed by atoms with E-state index in [0.29, 0.717) is 12.1 Å². The zero-order chi connectivity index (χ0) is 15.5. The summed E-state index contributed by atoms with van der Waals surface area (Å²) in [5.74, 6) is 0. The van der Waals surface area contributed by atoms with Gasteiger partial charge in [0.25, 0.3) is 0 Å². The van der Waals surface area contributed by atoms with Gasteiger partial charge in [-0.2, -0.15) is 0 Å². The van der Waals surface area contributed by atoms with Crippen molar-refractivity contribution in [1.29, 1.82) is 0 Å². The molecule has 0 amide bonds. The fraction of sp³-hybridized carbons (Fsp3) is 0.600. The van der Waals surface area contributed by atoms with Gasteiger partial charge in [0.1, 0.15) is 0 Å². The summed E-state index contributed by atoms with van der Waals surface area (Å²) in [6, 6.07) is 5.15. The first-order valence-corrected chi connectivity index (χ1v) is 8.90. The normalized spacial score (nSPS) is 20.0. The Balaban J connectivity index is 2.08. The summed E-state index contributed by atoms with van der Waals surface area (Å²) in [5.41, 5.74) is 1.54. The Labute approximate surface area is 127 Å². The molecule has 2 N–H and O–H groups in total. The van der Waals surface area contributed by atoms with Crippen LogP contribution in [0.5, 0.6) is 0 Å². The maximum atomic E-state index is 12.4. The van der Waals surface area contributed by atoms with Crippen molar-refractivity contribution >= 4 is 10.0 Å². The van der Waals surface area contributed by atoms with Gasteiger partial charge in [-0.15, -0.1) is 0 Å². The fourth-order valence-electron chi connectivity index (χ4n) is 2.82. The molecule has 0 aliphatic carbocycles. The van der Waals surface area contributed by atoms with Gasteiger partial charge in [0.15, 0.2) is 0 Å². The maximum absolute atomic E-state index is 12.4. The van der Waals surface area contributed by atoms with Gasteiger partial charge in [0.2, 0.25) is 10.0 Å². The van der Waals surface area contributed by atoms with Gasteiger partial charge < -0.3 is 5.11 Å². The molecule has 1 aliphatic heterocycles. The standard InChI is InChI=1S/C15H24N2O3S/c1-3-17-8-4-5-14(17)10-16-21(19,20)15-7-6-12(2)13(9-15)11-18/h6-7,9,14,16,18H,3-5,8,10-11H2,1-2H3. The molecule has 0 spiro atoms. The molecule has 2 rings (SSSR count). The minimum Gasteiger partial charge on any atom is -0.392 e. The predicted octanol–water partition coefficient (Wildman–Crippen LogP) is 1.25. The molecule has 1 fully saturated rings. The first-order chi connectivity index (χ1) is 9.97. The maximum Gasteiger partial charge on any atom is 0.240 e. The number of sulfonamides is 1. The third kappa shape index (κ3) is 3.83. The quantitative estimate of drug-likeness (QED) is 0.829. The summed E-state index contributed by atoms with van der Waals surface area (Å²) in [7, 11) is -3.52. The van der Waals surface area contributed by atoms with Crippen LogP contribution in [0.4, 0.5) is 0 Å². The Hall–Kier alpha value is -0.950. The largest absolute Gasteiger partial charge is 0.392 e. The van der Waals surface area contributed by atoms with Gasteiger partial charge in [-0.1, -0.05) is 13.0 Å². The van der Waals surface area contributed by atoms with Crippen molar-refractivity contribution in [3.8, 4) is 0 Å². The van der Waals surface area contributed by atoms with Crippen LogP contribution in [0.25, 0.3) is 0 Å². The van der Waals surface area contributed by atoms with E-state index in [1.807, 2.05) is 6.92 Å². The van der Waals surface area contributed by atoms with Crippen LogP contribution in [0.2, 0.25) is 0 Å². The van der Waals surface area contributed by atoms with Gasteiger partial charge in [-0.3, -0.25) is 4.90 Å². The van der Waals surface area contributed by atoms with E-state index in [2.05, 4.69) is 16.5 Å². The van der Waals surface area contributed by atoms with Crippen LogP contribution in [0, 0.1) is 6.92 Å². The first-order valence-electron chi connectivity index (χ1n) is 7.42. The van der Waals surface area contributed by atoms with Crippen molar-refractivity contribution in [2.45, 2.75) is 44.2 Å². The fourth-order valence-corrected chi connectivity index (χ4v) is 3.94. The van der Waals surface area contributed by atoms with E-state index in [4.69, 9.17) is 0 Å². The SMILES string of the molecule is CCN1CCCC1CNS(=O)(=O)c1ccc(C)c(CO)c1. The highest BCUT2D eigenvalue weighted by Crippen LogP contribution is 2.18. The smallest absolute Gasteiger partial charge is 0.240 e. The second-order valence-corrected chi connectivity index (χ2v) is 7.29. The average Bonchev–Trinajstić information content (AvgIpc) is 2.93. The van der Waals surface area contributed by atoms with Gasteiger partial charge in [-0.05, 0) is 56.1 Å². The average molecular weight is 312 g/mol. The number of hydrogen-bond acceptors (Lipinski definition) is 4. The molecule has 0 radical (unpaired) electrons. The Morgan fingerprint density at radius 1 is 1.43 bits per heavy atom. The molecule has 1 saturated heterocycles. The number of nitrogens with one attached hydrogen (secondary N) is 1. The molecule has 6 heteroatoms. The van der Waals surface area contributed by atoms with Gasteiger partial charge in [0, 0.05) is 12.6 Å². The van der Waals surface area contributed by atoms with Crippen LogP contribution >= 0.6 is 0 Å². The minimum atomic E-state index is -3.52. The molecule has 21 heavy (non-hydrogen) atoms. The molecule has 5 nitrogen and oxygen atoms in total. The van der Waals surface area contributed by atoms with E-state index >= 15 is 0 Å². The van der Waals surface area contributed by atoms with Crippen LogP contribution in [0.3, 0.4) is 0 Å². The topological polar surface area (TPSA) is 69.6 Å². The number of benzene rings is 1. The highest BCUT2D eigenvalue weighted by Gasteiger charge is 2.25. The van der Waals surface area contributed by atoms with Crippen molar-refractivity contribution in [2.75, 3.05) is 19.6 Å². The molecule has 0 aromatic heterocycles. The van der Waals surface area contributed by atoms with E-state index in [0.717, 1.165) is 31.5 Å². The van der Waals surface area contributed by atoms with Crippen molar-refractivity contribution in [3.63, 3.8) is 0 Å². The van der Waals surface area contributed by atoms with Crippen LogP contribution in [-0.2, 0) is 16.6 Å². The molecule has 118 valence electrons. The molecular weight excluding hydrogens is 288 g/mol. The number of hydrogen-bond donors (Lipinski definition) is 2. The van der Waals surface area contributed by atoms with E-state index < -0.39 is 10.0 Å². The predicted molar refractivity (Wildman–Crippen MR) is 82.6 cm³/mol. The summed E-state index contributed by atoms with van der Waals surface area (Å²) in [5, 5.41) is 9.26. The van der Waals surface area contributed by atoms with Crippen LogP contribution in [0.1, 0.15) is 30.9 Å². The van der Waals surface area contributed by atoms with Crippen molar-refractivity contribution < 1.29 is 13.5 Å². The number of rotatable bonds is 6. The lowest BCUT2D eigenvalue weighted by Gasteiger charge is -2.22. The summed E-state index contributed by atoms with van der Waals surface area (Å²) in [4.78, 5) is 2.52. The monoisotopic (exact) mass is 312 g/mol. The Kier molecular flexibility index (Phi) is 5.37. The Morgan fingerprint density at radius 3 is 2.86 bits per heavy atom.